The molecule has 0 fully saturated rings. The predicted molar refractivity (Wildman–Crippen MR) is 52.5 cm³/mol. The fraction of sp³-hybridized carbons (Fsp3) is 1.00. The smallest absolute Gasteiger partial charge is 0.268 e. The maximum absolute atomic E-state index is 10.8. The van der Waals surface area contributed by atoms with E-state index >= 15 is 0 Å². The van der Waals surface area contributed by atoms with Gasteiger partial charge in [-0.15, -0.1) is 16.9 Å². The van der Waals surface area contributed by atoms with Crippen molar-refractivity contribution in [1.82, 2.24) is 5.43 Å². The summed E-state index contributed by atoms with van der Waals surface area (Å²) in [6, 6.07) is 0. The van der Waals surface area contributed by atoms with Gasteiger partial charge >= 0.3 is 8.03 Å². The Morgan fingerprint density at radius 3 is 2.58 bits per heavy atom. The number of hydrogen-bond donors (Lipinski definition) is 2. The second kappa shape index (κ2) is 9.36. The molecule has 0 amide bonds. The quantitative estimate of drug-likeness (QED) is 0.402. The first-order valence-corrected chi connectivity index (χ1v) is 5.04. The van der Waals surface area contributed by atoms with Gasteiger partial charge in [-0.25, -0.2) is 5.43 Å². The third kappa shape index (κ3) is 10.3. The summed E-state index contributed by atoms with van der Waals surface area (Å²) in [6.45, 7) is 4.74. The minimum Gasteiger partial charge on any atom is -0.268 e. The van der Waals surface area contributed by atoms with Crippen molar-refractivity contribution >= 4 is 20.4 Å². The summed E-state index contributed by atoms with van der Waals surface area (Å²) in [7, 11) is -1.60. The summed E-state index contributed by atoms with van der Waals surface area (Å²) >= 11 is 0. The van der Waals surface area contributed by atoms with Gasteiger partial charge in [-0.1, -0.05) is 13.8 Å². The van der Waals surface area contributed by atoms with E-state index in [-0.39, 0.29) is 18.7 Å². The summed E-state index contributed by atoms with van der Waals surface area (Å²) < 4.78 is 15.8. The van der Waals surface area contributed by atoms with Crippen LogP contribution in [0.5, 0.6) is 0 Å². The van der Waals surface area contributed by atoms with Crippen LogP contribution in [0.15, 0.2) is 0 Å². The molecule has 0 aromatic rings. The monoisotopic (exact) mass is 215 g/mol. The molecule has 0 rings (SSSR count). The molecule has 0 aromatic heterocycles. The van der Waals surface area contributed by atoms with E-state index in [9.17, 15) is 4.57 Å². The third-order valence-corrected chi connectivity index (χ3v) is 2.06. The maximum Gasteiger partial charge on any atom is 0.525 e. The van der Waals surface area contributed by atoms with Crippen LogP contribution in [-0.4, -0.2) is 12.9 Å². The Morgan fingerprint density at radius 2 is 2.17 bits per heavy atom. The Morgan fingerprint density at radius 1 is 1.58 bits per heavy atom. The van der Waals surface area contributed by atoms with Crippen molar-refractivity contribution in [1.29, 1.82) is 0 Å². The average molecular weight is 216 g/mol. The molecule has 74 valence electrons. The Bertz CT molecular complexity index is 124. The molecule has 0 bridgehead atoms. The van der Waals surface area contributed by atoms with Crippen LogP contribution in [0.3, 0.4) is 0 Å². The molecule has 1 atom stereocenters. The summed E-state index contributed by atoms with van der Waals surface area (Å²) in [5, 5.41) is 0. The van der Waals surface area contributed by atoms with Crippen LogP contribution in [0.1, 0.15) is 20.3 Å². The average Bonchev–Trinajstić information content (AvgIpc) is 1.87. The van der Waals surface area contributed by atoms with Crippen LogP contribution in [0.4, 0.5) is 0 Å². The number of nitrogens with one attached hydrogen (secondary N) is 1. The molecule has 0 aliphatic heterocycles. The Kier molecular flexibility index (Phi) is 11.5. The van der Waals surface area contributed by atoms with Gasteiger partial charge in [0.25, 0.3) is 0 Å². The zero-order chi connectivity index (χ0) is 8.69. The highest BCUT2D eigenvalue weighted by Crippen LogP contribution is 2.20. The summed E-state index contributed by atoms with van der Waals surface area (Å²) in [4.78, 5) is 0. The van der Waals surface area contributed by atoms with Gasteiger partial charge in [-0.2, -0.15) is 0 Å². The molecule has 0 saturated heterocycles. The number of halogens is 1. The molecule has 0 spiro atoms. The van der Waals surface area contributed by atoms with Crippen LogP contribution in [0, 0.1) is 5.92 Å². The Hall–Kier alpha value is 0.270. The second-order valence-electron chi connectivity index (χ2n) is 2.71. The first-order chi connectivity index (χ1) is 5.16. The van der Waals surface area contributed by atoms with E-state index < -0.39 is 8.03 Å². The summed E-state index contributed by atoms with van der Waals surface area (Å²) in [5.41, 5.74) is 2.30. The van der Waals surface area contributed by atoms with Gasteiger partial charge in [0.15, 0.2) is 0 Å². The largest absolute Gasteiger partial charge is 0.525 e. The highest BCUT2D eigenvalue weighted by molar-refractivity contribution is 7.39. The van der Waals surface area contributed by atoms with Gasteiger partial charge in [0.2, 0.25) is 6.29 Å². The van der Waals surface area contributed by atoms with Crippen molar-refractivity contribution in [3.8, 4) is 0 Å². The van der Waals surface area contributed by atoms with Gasteiger partial charge in [0.05, 0.1) is 0 Å². The molecule has 4 nitrogen and oxygen atoms in total. The predicted octanol–water partition coefficient (Wildman–Crippen LogP) is 1.63. The van der Waals surface area contributed by atoms with Gasteiger partial charge in [0.1, 0.15) is 6.61 Å². The molecule has 0 aliphatic rings. The number of hydrazine groups is 1. The van der Waals surface area contributed by atoms with E-state index in [0.29, 0.717) is 12.5 Å². The van der Waals surface area contributed by atoms with Crippen molar-refractivity contribution in [2.45, 2.75) is 20.3 Å². The lowest BCUT2D eigenvalue weighted by Gasteiger charge is -1.97. The molecule has 0 aromatic carbocycles. The minimum atomic E-state index is -1.60. The lowest BCUT2D eigenvalue weighted by Crippen LogP contribution is -2.21. The first kappa shape index (κ1) is 14.8. The molecular formula is C6H17ClN2O2P+. The number of hydrogen-bond acceptors (Lipinski definition) is 4. The molecule has 6 heteroatoms. The highest BCUT2D eigenvalue weighted by atomic mass is 35.5. The van der Waals surface area contributed by atoms with Crippen LogP contribution in [0.25, 0.3) is 0 Å². The third-order valence-electron chi connectivity index (χ3n) is 1.15. The van der Waals surface area contributed by atoms with Gasteiger partial charge in [-0.05, 0) is 16.9 Å². The van der Waals surface area contributed by atoms with Gasteiger partial charge in [-0.3, -0.25) is 5.84 Å². The fourth-order valence-corrected chi connectivity index (χ4v) is 1.06. The molecule has 0 radical (unpaired) electrons. The standard InChI is InChI=1S/C6H16N2O2P.ClH/c1-6(2)3-4-10-11(9)5-8-7;/h6,8H,3-5,7H2,1-2H3;1H/q+1;. The molecule has 1 unspecified atom stereocenters. The zero-order valence-corrected chi connectivity index (χ0v) is 9.16. The lowest BCUT2D eigenvalue weighted by molar-refractivity contribution is 0.299. The minimum absolute atomic E-state index is 0. The zero-order valence-electron chi connectivity index (χ0n) is 7.45. The van der Waals surface area contributed by atoms with E-state index in [1.807, 2.05) is 0 Å². The van der Waals surface area contributed by atoms with Gasteiger partial charge in [0, 0.05) is 0 Å². The Labute approximate surface area is 80.5 Å². The molecular weight excluding hydrogens is 199 g/mol. The molecule has 0 aliphatic carbocycles. The topological polar surface area (TPSA) is 64.3 Å². The van der Waals surface area contributed by atoms with E-state index in [4.69, 9.17) is 10.4 Å². The fourth-order valence-electron chi connectivity index (χ4n) is 0.510. The second-order valence-corrected chi connectivity index (χ2v) is 3.95. The van der Waals surface area contributed by atoms with Crippen LogP contribution in [0.2, 0.25) is 0 Å². The molecule has 3 N–H and O–H groups in total. The first-order valence-electron chi connectivity index (χ1n) is 3.68. The van der Waals surface area contributed by atoms with Crippen LogP contribution < -0.4 is 11.3 Å². The molecule has 0 saturated carbocycles. The van der Waals surface area contributed by atoms with Crippen molar-refractivity contribution in [2.75, 3.05) is 12.9 Å². The van der Waals surface area contributed by atoms with Crippen molar-refractivity contribution < 1.29 is 9.09 Å². The summed E-state index contributed by atoms with van der Waals surface area (Å²) in [6.07, 6.45) is 1.17. The summed E-state index contributed by atoms with van der Waals surface area (Å²) in [5.74, 6) is 5.53. The van der Waals surface area contributed by atoms with Crippen molar-refractivity contribution in [3.05, 3.63) is 0 Å². The molecule has 12 heavy (non-hydrogen) atoms. The number of nitrogens with two attached hydrogens (primary N) is 1. The van der Waals surface area contributed by atoms with Crippen LogP contribution in [-0.2, 0) is 9.09 Å². The lowest BCUT2D eigenvalue weighted by atomic mass is 10.2. The molecule has 0 heterocycles. The highest BCUT2D eigenvalue weighted by Gasteiger charge is 2.14. The normalized spacial score (nSPS) is 11.2. The van der Waals surface area contributed by atoms with Gasteiger partial charge < -0.3 is 0 Å². The van der Waals surface area contributed by atoms with Crippen molar-refractivity contribution in [3.63, 3.8) is 0 Å². The number of rotatable bonds is 6. The van der Waals surface area contributed by atoms with Crippen LogP contribution >= 0.6 is 20.4 Å². The van der Waals surface area contributed by atoms with E-state index in [0.717, 1.165) is 6.42 Å². The van der Waals surface area contributed by atoms with Crippen molar-refractivity contribution in [2.24, 2.45) is 11.8 Å². The van der Waals surface area contributed by atoms with E-state index in [2.05, 4.69) is 19.3 Å². The SMILES string of the molecule is CC(C)CCO[P+](=O)CNN.Cl. The van der Waals surface area contributed by atoms with E-state index in [1.165, 1.54) is 0 Å². The maximum atomic E-state index is 10.8. The van der Waals surface area contributed by atoms with E-state index in [1.54, 1.807) is 0 Å². The Balaban J connectivity index is 0.